The molecule has 0 aromatic heterocycles. The van der Waals surface area contributed by atoms with Gasteiger partial charge < -0.3 is 20.1 Å². The Balaban J connectivity index is 0.00000529. The second-order valence-corrected chi connectivity index (χ2v) is 6.44. The lowest BCUT2D eigenvalue weighted by molar-refractivity contribution is 0.0220. The number of ether oxygens (including phenoxy) is 2. The Morgan fingerprint density at radius 3 is 2.50 bits per heavy atom. The smallest absolute Gasteiger partial charge is 0.191 e. The summed E-state index contributed by atoms with van der Waals surface area (Å²) in [6.07, 6.45) is 1.12. The van der Waals surface area contributed by atoms with E-state index in [2.05, 4.69) is 43.2 Å². The summed E-state index contributed by atoms with van der Waals surface area (Å²) in [6, 6.07) is 0.441. The summed E-state index contributed by atoms with van der Waals surface area (Å²) in [6.45, 7) is 16.4. The highest BCUT2D eigenvalue weighted by molar-refractivity contribution is 14.0. The van der Waals surface area contributed by atoms with Crippen molar-refractivity contribution in [2.75, 3.05) is 59.2 Å². The van der Waals surface area contributed by atoms with Crippen LogP contribution in [0.15, 0.2) is 4.99 Å². The summed E-state index contributed by atoms with van der Waals surface area (Å²) in [7, 11) is 0. The maximum Gasteiger partial charge on any atom is 0.191 e. The van der Waals surface area contributed by atoms with Crippen molar-refractivity contribution in [2.24, 2.45) is 10.9 Å². The fourth-order valence-electron chi connectivity index (χ4n) is 2.36. The van der Waals surface area contributed by atoms with Gasteiger partial charge in [0.2, 0.25) is 0 Å². The van der Waals surface area contributed by atoms with Gasteiger partial charge >= 0.3 is 0 Å². The molecule has 0 saturated carbocycles. The number of morpholine rings is 1. The van der Waals surface area contributed by atoms with E-state index in [-0.39, 0.29) is 24.0 Å². The molecule has 1 rings (SSSR count). The Morgan fingerprint density at radius 2 is 1.88 bits per heavy atom. The Kier molecular flexibility index (Phi) is 15.1. The van der Waals surface area contributed by atoms with Crippen LogP contribution in [-0.2, 0) is 9.47 Å². The molecule has 0 aliphatic carbocycles. The van der Waals surface area contributed by atoms with Crippen LogP contribution in [0.1, 0.15) is 34.1 Å². The number of rotatable bonds is 10. The van der Waals surface area contributed by atoms with Crippen molar-refractivity contribution in [3.63, 3.8) is 0 Å². The molecular formula is C17H37IN4O2. The molecule has 0 amide bonds. The maximum absolute atomic E-state index is 5.63. The average Bonchev–Trinajstić information content (AvgIpc) is 2.55. The molecular weight excluding hydrogens is 419 g/mol. The fourth-order valence-corrected chi connectivity index (χ4v) is 2.36. The lowest BCUT2D eigenvalue weighted by Gasteiger charge is -2.31. The van der Waals surface area contributed by atoms with Crippen LogP contribution in [-0.4, -0.2) is 76.1 Å². The summed E-state index contributed by atoms with van der Waals surface area (Å²) >= 11 is 0. The van der Waals surface area contributed by atoms with Crippen molar-refractivity contribution < 1.29 is 9.47 Å². The molecule has 0 spiro atoms. The minimum Gasteiger partial charge on any atom is -0.380 e. The minimum absolute atomic E-state index is 0. The summed E-state index contributed by atoms with van der Waals surface area (Å²) < 4.78 is 11.0. The molecule has 0 aromatic carbocycles. The largest absolute Gasteiger partial charge is 0.380 e. The summed E-state index contributed by atoms with van der Waals surface area (Å²) in [5.41, 5.74) is 0. The summed E-state index contributed by atoms with van der Waals surface area (Å²) in [5, 5.41) is 6.63. The third kappa shape index (κ3) is 11.4. The zero-order valence-electron chi connectivity index (χ0n) is 15.8. The van der Waals surface area contributed by atoms with Crippen molar-refractivity contribution in [1.82, 2.24) is 15.5 Å². The molecule has 1 aliphatic heterocycles. The molecule has 1 saturated heterocycles. The molecule has 0 radical (unpaired) electrons. The molecule has 1 aliphatic rings. The standard InChI is InChI=1S/C17H36N4O2.HI/c1-5-18-17(19-7-11-22-10-6-15(2)3)20-14-16(4)21-8-12-23-13-9-21;/h15-16H,5-14H2,1-4H3,(H2,18,19,20);1H. The van der Waals surface area contributed by atoms with Gasteiger partial charge in [-0.25, -0.2) is 0 Å². The number of nitrogens with one attached hydrogen (secondary N) is 2. The van der Waals surface area contributed by atoms with E-state index >= 15 is 0 Å². The van der Waals surface area contributed by atoms with Crippen LogP contribution in [0.25, 0.3) is 0 Å². The molecule has 6 nitrogen and oxygen atoms in total. The molecule has 2 N–H and O–H groups in total. The fraction of sp³-hybridized carbons (Fsp3) is 0.941. The third-order valence-corrected chi connectivity index (χ3v) is 3.91. The Morgan fingerprint density at radius 1 is 1.17 bits per heavy atom. The van der Waals surface area contributed by atoms with E-state index in [1.165, 1.54) is 0 Å². The molecule has 0 bridgehead atoms. The minimum atomic E-state index is 0. The van der Waals surface area contributed by atoms with Crippen LogP contribution in [0.4, 0.5) is 0 Å². The van der Waals surface area contributed by atoms with E-state index in [4.69, 9.17) is 14.5 Å². The van der Waals surface area contributed by atoms with Crippen molar-refractivity contribution >= 4 is 29.9 Å². The number of guanidine groups is 1. The molecule has 1 atom stereocenters. The van der Waals surface area contributed by atoms with Crippen molar-refractivity contribution in [3.05, 3.63) is 0 Å². The highest BCUT2D eigenvalue weighted by atomic mass is 127. The predicted octanol–water partition coefficient (Wildman–Crippen LogP) is 1.94. The van der Waals surface area contributed by atoms with Gasteiger partial charge in [0.05, 0.1) is 26.4 Å². The number of nitrogens with zero attached hydrogens (tertiary/aromatic N) is 2. The Hall–Kier alpha value is -0.120. The number of halogens is 1. The maximum atomic E-state index is 5.63. The summed E-state index contributed by atoms with van der Waals surface area (Å²) in [4.78, 5) is 7.13. The average molecular weight is 456 g/mol. The van der Waals surface area contributed by atoms with Crippen LogP contribution in [0.3, 0.4) is 0 Å². The van der Waals surface area contributed by atoms with Gasteiger partial charge in [0, 0.05) is 38.8 Å². The van der Waals surface area contributed by atoms with Gasteiger partial charge in [0.15, 0.2) is 5.96 Å². The van der Waals surface area contributed by atoms with Gasteiger partial charge in [-0.1, -0.05) is 13.8 Å². The first-order valence-electron chi connectivity index (χ1n) is 9.05. The molecule has 1 heterocycles. The van der Waals surface area contributed by atoms with E-state index in [1.54, 1.807) is 0 Å². The van der Waals surface area contributed by atoms with Crippen LogP contribution < -0.4 is 10.6 Å². The first-order valence-corrected chi connectivity index (χ1v) is 9.05. The lowest BCUT2D eigenvalue weighted by Crippen LogP contribution is -2.44. The van der Waals surface area contributed by atoms with Gasteiger partial charge in [-0.05, 0) is 26.2 Å². The Labute approximate surface area is 165 Å². The van der Waals surface area contributed by atoms with Gasteiger partial charge in [-0.2, -0.15) is 0 Å². The van der Waals surface area contributed by atoms with Crippen LogP contribution in [0.2, 0.25) is 0 Å². The van der Waals surface area contributed by atoms with Gasteiger partial charge in [-0.15, -0.1) is 24.0 Å². The van der Waals surface area contributed by atoms with Crippen molar-refractivity contribution in [2.45, 2.75) is 40.2 Å². The van der Waals surface area contributed by atoms with Crippen LogP contribution >= 0.6 is 24.0 Å². The second kappa shape index (κ2) is 15.2. The highest BCUT2D eigenvalue weighted by Crippen LogP contribution is 2.03. The first kappa shape index (κ1) is 23.9. The van der Waals surface area contributed by atoms with E-state index < -0.39 is 0 Å². The highest BCUT2D eigenvalue weighted by Gasteiger charge is 2.16. The normalized spacial score (nSPS) is 17.5. The van der Waals surface area contributed by atoms with Gasteiger partial charge in [0.25, 0.3) is 0 Å². The van der Waals surface area contributed by atoms with Crippen molar-refractivity contribution in [1.29, 1.82) is 0 Å². The number of aliphatic imine (C=N–C) groups is 1. The quantitative estimate of drug-likeness (QED) is 0.228. The number of hydrogen-bond acceptors (Lipinski definition) is 4. The SMILES string of the molecule is CCNC(=NCC(C)N1CCOCC1)NCCOCCC(C)C.I. The summed E-state index contributed by atoms with van der Waals surface area (Å²) in [5.74, 6) is 1.57. The Bertz CT molecular complexity index is 324. The molecule has 0 aromatic rings. The first-order chi connectivity index (χ1) is 11.1. The molecule has 144 valence electrons. The van der Waals surface area contributed by atoms with E-state index in [0.29, 0.717) is 12.0 Å². The lowest BCUT2D eigenvalue weighted by atomic mass is 10.1. The predicted molar refractivity (Wildman–Crippen MR) is 112 cm³/mol. The van der Waals surface area contributed by atoms with E-state index in [1.807, 2.05) is 0 Å². The number of hydrogen-bond donors (Lipinski definition) is 2. The zero-order chi connectivity index (χ0) is 16.9. The van der Waals surface area contributed by atoms with E-state index in [0.717, 1.165) is 71.5 Å². The van der Waals surface area contributed by atoms with Crippen molar-refractivity contribution in [3.8, 4) is 0 Å². The second-order valence-electron chi connectivity index (χ2n) is 6.44. The zero-order valence-corrected chi connectivity index (χ0v) is 18.2. The van der Waals surface area contributed by atoms with Gasteiger partial charge in [-0.3, -0.25) is 9.89 Å². The molecule has 1 fully saturated rings. The van der Waals surface area contributed by atoms with Crippen LogP contribution in [0.5, 0.6) is 0 Å². The molecule has 1 unspecified atom stereocenters. The van der Waals surface area contributed by atoms with E-state index in [9.17, 15) is 0 Å². The third-order valence-electron chi connectivity index (χ3n) is 3.91. The monoisotopic (exact) mass is 456 g/mol. The van der Waals surface area contributed by atoms with Crippen LogP contribution in [0, 0.1) is 5.92 Å². The van der Waals surface area contributed by atoms with Gasteiger partial charge in [0.1, 0.15) is 0 Å². The molecule has 24 heavy (non-hydrogen) atoms. The topological polar surface area (TPSA) is 58.1 Å². The molecule has 7 heteroatoms.